The van der Waals surface area contributed by atoms with Crippen molar-refractivity contribution < 1.29 is 19.1 Å². The maximum Gasteiger partial charge on any atom is 0.418 e. The van der Waals surface area contributed by atoms with Crippen molar-refractivity contribution in [2.24, 2.45) is 0 Å². The molecule has 7 nitrogen and oxygen atoms in total. The molecule has 1 atom stereocenters. The normalized spacial score (nSPS) is 16.2. The molecule has 0 spiro atoms. The quantitative estimate of drug-likeness (QED) is 0.665. The van der Waals surface area contributed by atoms with Gasteiger partial charge in [0.25, 0.3) is 5.91 Å². The van der Waals surface area contributed by atoms with Gasteiger partial charge in [-0.15, -0.1) is 0 Å². The molecule has 0 aromatic heterocycles. The Kier molecular flexibility index (Phi) is 7.68. The number of hydrogen-bond acceptors (Lipinski definition) is 4. The highest BCUT2D eigenvalue weighted by Gasteiger charge is 2.42. The summed E-state index contributed by atoms with van der Waals surface area (Å²) in [7, 11) is 0. The van der Waals surface area contributed by atoms with Crippen molar-refractivity contribution >= 4 is 35.7 Å². The molecule has 0 saturated carbocycles. The van der Waals surface area contributed by atoms with E-state index in [1.807, 2.05) is 42.5 Å². The first-order valence-corrected chi connectivity index (χ1v) is 10.5. The minimum atomic E-state index is -0.986. The highest BCUT2D eigenvalue weighted by molar-refractivity contribution is 6.30. The molecule has 0 fully saturated rings. The molecule has 166 valence electrons. The van der Waals surface area contributed by atoms with Crippen molar-refractivity contribution in [2.75, 3.05) is 13.2 Å². The van der Waals surface area contributed by atoms with Crippen LogP contribution in [-0.2, 0) is 9.53 Å². The summed E-state index contributed by atoms with van der Waals surface area (Å²) < 4.78 is 5.07. The lowest BCUT2D eigenvalue weighted by Crippen LogP contribution is -2.52. The van der Waals surface area contributed by atoms with Crippen LogP contribution in [0.5, 0.6) is 0 Å². The van der Waals surface area contributed by atoms with Crippen LogP contribution in [0.15, 0.2) is 71.9 Å². The molecule has 2 aromatic rings. The van der Waals surface area contributed by atoms with Crippen molar-refractivity contribution in [1.29, 1.82) is 0 Å². The number of amides is 4. The zero-order chi connectivity index (χ0) is 23.1. The lowest BCUT2D eigenvalue weighted by atomic mass is 9.93. The summed E-state index contributed by atoms with van der Waals surface area (Å²) in [6, 6.07) is 14.7. The molecular formula is C24H24ClN3O4. The standard InChI is InChI=1S/C24H24ClN3O4/c1-3-32-24(31)28-21(18-12-7-13-19(25)15-18)20(16(2)27-23(28)30)22(29)26-14-8-11-17-9-5-4-6-10-17/h4-13,15,21H,3,14H2,1-2H3,(H,26,29)(H,27,30). The van der Waals surface area contributed by atoms with E-state index in [-0.39, 0.29) is 18.7 Å². The first-order chi connectivity index (χ1) is 15.4. The van der Waals surface area contributed by atoms with E-state index in [1.54, 1.807) is 38.1 Å². The summed E-state index contributed by atoms with van der Waals surface area (Å²) in [5, 5.41) is 5.83. The number of nitrogens with zero attached hydrogens (tertiary/aromatic N) is 1. The fourth-order valence-corrected chi connectivity index (χ4v) is 3.61. The monoisotopic (exact) mass is 453 g/mol. The Morgan fingerprint density at radius 1 is 1.19 bits per heavy atom. The Morgan fingerprint density at radius 2 is 1.94 bits per heavy atom. The third-order valence-corrected chi connectivity index (χ3v) is 5.05. The number of urea groups is 1. The van der Waals surface area contributed by atoms with E-state index in [9.17, 15) is 14.4 Å². The number of nitrogens with one attached hydrogen (secondary N) is 2. The average Bonchev–Trinajstić information content (AvgIpc) is 2.77. The van der Waals surface area contributed by atoms with Gasteiger partial charge in [0, 0.05) is 17.3 Å². The van der Waals surface area contributed by atoms with E-state index in [2.05, 4.69) is 10.6 Å². The third kappa shape index (κ3) is 5.36. The van der Waals surface area contributed by atoms with Gasteiger partial charge in [-0.25, -0.2) is 14.5 Å². The maximum atomic E-state index is 13.2. The topological polar surface area (TPSA) is 87.7 Å². The van der Waals surface area contributed by atoms with Crippen molar-refractivity contribution in [1.82, 2.24) is 15.5 Å². The zero-order valence-electron chi connectivity index (χ0n) is 17.8. The summed E-state index contributed by atoms with van der Waals surface area (Å²) in [6.45, 7) is 3.61. The fourth-order valence-electron chi connectivity index (χ4n) is 3.41. The zero-order valence-corrected chi connectivity index (χ0v) is 18.6. The molecule has 1 aliphatic heterocycles. The molecule has 0 radical (unpaired) electrons. The Hall–Kier alpha value is -3.58. The van der Waals surface area contributed by atoms with Crippen LogP contribution in [0.4, 0.5) is 9.59 Å². The van der Waals surface area contributed by atoms with E-state index < -0.39 is 24.1 Å². The van der Waals surface area contributed by atoms with E-state index >= 15 is 0 Å². The van der Waals surface area contributed by atoms with Gasteiger partial charge in [-0.2, -0.15) is 0 Å². The molecule has 0 saturated heterocycles. The predicted octanol–water partition coefficient (Wildman–Crippen LogP) is 4.67. The van der Waals surface area contributed by atoms with Crippen LogP contribution in [-0.4, -0.2) is 36.1 Å². The smallest absolute Gasteiger partial charge is 0.418 e. The van der Waals surface area contributed by atoms with Crippen molar-refractivity contribution in [3.05, 3.63) is 88.1 Å². The van der Waals surface area contributed by atoms with Gasteiger partial charge < -0.3 is 15.4 Å². The molecule has 32 heavy (non-hydrogen) atoms. The molecule has 2 N–H and O–H groups in total. The molecule has 8 heteroatoms. The number of allylic oxidation sites excluding steroid dienone is 1. The summed E-state index contributed by atoms with van der Waals surface area (Å²) >= 11 is 6.15. The number of rotatable bonds is 6. The lowest BCUT2D eigenvalue weighted by Gasteiger charge is -2.35. The van der Waals surface area contributed by atoms with Gasteiger partial charge in [0.05, 0.1) is 12.2 Å². The van der Waals surface area contributed by atoms with Gasteiger partial charge in [-0.1, -0.05) is 66.2 Å². The second kappa shape index (κ2) is 10.6. The molecule has 1 unspecified atom stereocenters. The summed E-state index contributed by atoms with van der Waals surface area (Å²) in [4.78, 5) is 39.3. The molecule has 0 bridgehead atoms. The number of carbonyl (C=O) groups is 3. The largest absolute Gasteiger partial charge is 0.449 e. The Morgan fingerprint density at radius 3 is 2.62 bits per heavy atom. The van der Waals surface area contributed by atoms with E-state index in [0.29, 0.717) is 16.3 Å². The molecule has 1 aliphatic rings. The Balaban J connectivity index is 1.90. The lowest BCUT2D eigenvalue weighted by molar-refractivity contribution is -0.118. The van der Waals surface area contributed by atoms with Crippen molar-refractivity contribution in [2.45, 2.75) is 19.9 Å². The van der Waals surface area contributed by atoms with Gasteiger partial charge >= 0.3 is 12.1 Å². The molecule has 1 heterocycles. The van der Waals surface area contributed by atoms with Gasteiger partial charge in [-0.05, 0) is 37.1 Å². The predicted molar refractivity (Wildman–Crippen MR) is 123 cm³/mol. The minimum Gasteiger partial charge on any atom is -0.449 e. The van der Waals surface area contributed by atoms with Gasteiger partial charge in [0.1, 0.15) is 6.04 Å². The summed E-state index contributed by atoms with van der Waals surface area (Å²) in [6.07, 6.45) is 2.86. The first kappa shape index (κ1) is 23.1. The summed E-state index contributed by atoms with van der Waals surface area (Å²) in [5.41, 5.74) is 2.11. The molecule has 2 aromatic carbocycles. The Bertz CT molecular complexity index is 1070. The van der Waals surface area contributed by atoms with Crippen molar-refractivity contribution in [3.63, 3.8) is 0 Å². The molecule has 4 amide bonds. The molecule has 3 rings (SSSR count). The Labute approximate surface area is 191 Å². The average molecular weight is 454 g/mol. The molecular weight excluding hydrogens is 430 g/mol. The summed E-state index contributed by atoms with van der Waals surface area (Å²) in [5.74, 6) is -0.417. The van der Waals surface area contributed by atoms with Gasteiger partial charge in [-0.3, -0.25) is 4.79 Å². The minimum absolute atomic E-state index is 0.0827. The van der Waals surface area contributed by atoms with E-state index in [1.165, 1.54) is 0 Å². The van der Waals surface area contributed by atoms with Gasteiger partial charge in [0.15, 0.2) is 0 Å². The van der Waals surface area contributed by atoms with Crippen LogP contribution >= 0.6 is 11.6 Å². The fraction of sp³-hybridized carbons (Fsp3) is 0.208. The van der Waals surface area contributed by atoms with E-state index in [4.69, 9.17) is 16.3 Å². The third-order valence-electron chi connectivity index (χ3n) is 4.81. The first-order valence-electron chi connectivity index (χ1n) is 10.1. The van der Waals surface area contributed by atoms with E-state index in [0.717, 1.165) is 10.5 Å². The molecule has 0 aliphatic carbocycles. The number of ether oxygens (including phenoxy) is 1. The number of benzene rings is 2. The maximum absolute atomic E-state index is 13.2. The van der Waals surface area contributed by atoms with Crippen molar-refractivity contribution in [3.8, 4) is 0 Å². The number of hydrogen-bond donors (Lipinski definition) is 2. The SMILES string of the molecule is CCOC(=O)N1C(=O)NC(C)=C(C(=O)NCC=Cc2ccccc2)C1c1cccc(Cl)c1. The van der Waals surface area contributed by atoms with Crippen LogP contribution in [0.25, 0.3) is 6.08 Å². The van der Waals surface area contributed by atoms with Crippen LogP contribution in [0.3, 0.4) is 0 Å². The highest BCUT2D eigenvalue weighted by atomic mass is 35.5. The number of halogens is 1. The second-order valence-electron chi connectivity index (χ2n) is 7.02. The highest BCUT2D eigenvalue weighted by Crippen LogP contribution is 2.35. The van der Waals surface area contributed by atoms with Crippen LogP contribution in [0, 0.1) is 0 Å². The van der Waals surface area contributed by atoms with Crippen LogP contribution < -0.4 is 10.6 Å². The second-order valence-corrected chi connectivity index (χ2v) is 7.45. The van der Waals surface area contributed by atoms with Crippen LogP contribution in [0.2, 0.25) is 5.02 Å². The number of carbonyl (C=O) groups excluding carboxylic acids is 3. The van der Waals surface area contributed by atoms with Gasteiger partial charge in [0.2, 0.25) is 0 Å². The van der Waals surface area contributed by atoms with Crippen LogP contribution in [0.1, 0.15) is 31.0 Å². The number of imide groups is 1.